The lowest BCUT2D eigenvalue weighted by Gasteiger charge is -2.04. The van der Waals surface area contributed by atoms with E-state index in [4.69, 9.17) is 30.2 Å². The molecule has 0 saturated carbocycles. The molecule has 0 aliphatic heterocycles. The largest absolute Gasteiger partial charge is 0.394 e. The maximum atomic E-state index is 8.43. The molecule has 0 aliphatic rings. The average molecular weight is 301 g/mol. The Hall–Kier alpha value is -1.02. The molecule has 1 aromatic carbocycles. The predicted molar refractivity (Wildman–Crippen MR) is 81.0 cm³/mol. The third-order valence-corrected chi connectivity index (χ3v) is 2.22. The molecule has 0 saturated heterocycles. The van der Waals surface area contributed by atoms with Gasteiger partial charge in [0.2, 0.25) is 0 Å². The van der Waals surface area contributed by atoms with Gasteiger partial charge in [0.1, 0.15) is 0 Å². The molecule has 122 valence electrons. The van der Waals surface area contributed by atoms with Crippen molar-refractivity contribution in [3.8, 4) is 0 Å². The van der Waals surface area contributed by atoms with Gasteiger partial charge in [-0.3, -0.25) is 0 Å². The second-order valence-electron chi connectivity index (χ2n) is 4.00. The first-order chi connectivity index (χ1) is 10.3. The van der Waals surface area contributed by atoms with Gasteiger partial charge in [-0.2, -0.15) is 0 Å². The van der Waals surface area contributed by atoms with Gasteiger partial charge in [0.05, 0.1) is 52.9 Å². The first-order valence-corrected chi connectivity index (χ1v) is 7.04. The van der Waals surface area contributed by atoms with E-state index in [0.717, 1.165) is 5.56 Å². The lowest BCUT2D eigenvalue weighted by Crippen LogP contribution is -2.10. The van der Waals surface area contributed by atoms with Crippen LogP contribution in [-0.4, -0.2) is 63.0 Å². The molecule has 0 unspecified atom stereocenters. The smallest absolute Gasteiger partial charge is 0.0718 e. The molecule has 0 heterocycles. The highest BCUT2D eigenvalue weighted by Crippen LogP contribution is 1.99. The number of benzene rings is 1. The fourth-order valence-electron chi connectivity index (χ4n) is 1.30. The van der Waals surface area contributed by atoms with Gasteiger partial charge in [0, 0.05) is 6.54 Å². The maximum absolute atomic E-state index is 8.43. The van der Waals surface area contributed by atoms with Crippen LogP contribution in [0, 0.1) is 0 Å². The van der Waals surface area contributed by atoms with Gasteiger partial charge in [-0.1, -0.05) is 30.3 Å². The summed E-state index contributed by atoms with van der Waals surface area (Å²) in [6, 6.07) is 10.00. The van der Waals surface area contributed by atoms with Crippen molar-refractivity contribution in [3.05, 3.63) is 35.9 Å². The van der Waals surface area contributed by atoms with Crippen molar-refractivity contribution in [1.29, 1.82) is 0 Å². The molecule has 6 heteroatoms. The number of hydrogen-bond acceptors (Lipinski definition) is 6. The second kappa shape index (κ2) is 17.0. The predicted octanol–water partition coefficient (Wildman–Crippen LogP) is 0.166. The Balaban J connectivity index is 0.000000486. The maximum Gasteiger partial charge on any atom is 0.0718 e. The summed E-state index contributed by atoms with van der Waals surface area (Å²) in [5, 5.41) is 16.6. The molecule has 1 rings (SSSR count). The van der Waals surface area contributed by atoms with Crippen LogP contribution in [0.2, 0.25) is 0 Å². The highest BCUT2D eigenvalue weighted by atomic mass is 16.5. The molecule has 6 nitrogen and oxygen atoms in total. The topological polar surface area (TPSA) is 94.2 Å². The van der Waals surface area contributed by atoms with E-state index in [1.54, 1.807) is 0 Å². The summed E-state index contributed by atoms with van der Waals surface area (Å²) in [4.78, 5) is 0. The highest BCUT2D eigenvalue weighted by Gasteiger charge is 1.91. The monoisotopic (exact) mass is 301 g/mol. The van der Waals surface area contributed by atoms with Crippen molar-refractivity contribution < 1.29 is 24.4 Å². The summed E-state index contributed by atoms with van der Waals surface area (Å²) in [5.41, 5.74) is 6.22. The SMILES string of the molecule is NCCOCCO.OCCOCCOCc1ccccc1. The minimum Gasteiger partial charge on any atom is -0.394 e. The molecule has 21 heavy (non-hydrogen) atoms. The molecule has 4 N–H and O–H groups in total. The molecule has 0 atom stereocenters. The molecule has 0 spiro atoms. The zero-order valence-corrected chi connectivity index (χ0v) is 12.4. The Morgan fingerprint density at radius 3 is 1.90 bits per heavy atom. The van der Waals surface area contributed by atoms with E-state index < -0.39 is 0 Å². The highest BCUT2D eigenvalue weighted by molar-refractivity contribution is 5.13. The fourth-order valence-corrected chi connectivity index (χ4v) is 1.30. The van der Waals surface area contributed by atoms with Crippen LogP contribution < -0.4 is 5.73 Å². The van der Waals surface area contributed by atoms with Gasteiger partial charge in [-0.15, -0.1) is 0 Å². The lowest BCUT2D eigenvalue weighted by molar-refractivity contribution is 0.0274. The number of rotatable bonds is 11. The summed E-state index contributed by atoms with van der Waals surface area (Å²) in [7, 11) is 0. The first kappa shape index (κ1) is 20.0. The molecular weight excluding hydrogens is 274 g/mol. The van der Waals surface area contributed by atoms with E-state index in [1.165, 1.54) is 0 Å². The van der Waals surface area contributed by atoms with Crippen molar-refractivity contribution in [2.24, 2.45) is 5.73 Å². The van der Waals surface area contributed by atoms with Crippen molar-refractivity contribution in [2.75, 3.05) is 52.8 Å². The Bertz CT molecular complexity index is 293. The van der Waals surface area contributed by atoms with Crippen LogP contribution in [0.15, 0.2) is 30.3 Å². The number of aliphatic hydroxyl groups is 2. The Morgan fingerprint density at radius 2 is 1.33 bits per heavy atom. The van der Waals surface area contributed by atoms with Crippen LogP contribution in [0.5, 0.6) is 0 Å². The fraction of sp³-hybridized carbons (Fsp3) is 0.600. The third-order valence-electron chi connectivity index (χ3n) is 2.22. The lowest BCUT2D eigenvalue weighted by atomic mass is 10.2. The number of nitrogens with two attached hydrogens (primary N) is 1. The van der Waals surface area contributed by atoms with Gasteiger partial charge in [0.15, 0.2) is 0 Å². The van der Waals surface area contributed by atoms with Gasteiger partial charge >= 0.3 is 0 Å². The third kappa shape index (κ3) is 15.2. The minimum absolute atomic E-state index is 0.0681. The van der Waals surface area contributed by atoms with Crippen LogP contribution in [0.1, 0.15) is 5.56 Å². The van der Waals surface area contributed by atoms with Gasteiger partial charge < -0.3 is 30.2 Å². The molecule has 0 aliphatic carbocycles. The quantitative estimate of drug-likeness (QED) is 0.504. The summed E-state index contributed by atoms with van der Waals surface area (Å²) in [6.45, 7) is 3.72. The van der Waals surface area contributed by atoms with E-state index in [0.29, 0.717) is 46.2 Å². The van der Waals surface area contributed by atoms with Crippen molar-refractivity contribution >= 4 is 0 Å². The summed E-state index contributed by atoms with van der Waals surface area (Å²) < 4.78 is 15.2. The van der Waals surface area contributed by atoms with E-state index in [-0.39, 0.29) is 13.2 Å². The number of aliphatic hydroxyl groups excluding tert-OH is 2. The van der Waals surface area contributed by atoms with Crippen LogP contribution in [0.25, 0.3) is 0 Å². The normalized spacial score (nSPS) is 10.0. The van der Waals surface area contributed by atoms with E-state index in [9.17, 15) is 0 Å². The van der Waals surface area contributed by atoms with E-state index >= 15 is 0 Å². The second-order valence-corrected chi connectivity index (χ2v) is 4.00. The molecule has 0 aromatic heterocycles. The van der Waals surface area contributed by atoms with Crippen LogP contribution in [0.3, 0.4) is 0 Å². The van der Waals surface area contributed by atoms with Crippen LogP contribution >= 0.6 is 0 Å². The summed E-state index contributed by atoms with van der Waals surface area (Å²) in [6.07, 6.45) is 0. The van der Waals surface area contributed by atoms with Gasteiger partial charge in [0.25, 0.3) is 0 Å². The number of ether oxygens (including phenoxy) is 3. The minimum atomic E-state index is 0.0681. The van der Waals surface area contributed by atoms with E-state index in [1.807, 2.05) is 30.3 Å². The van der Waals surface area contributed by atoms with E-state index in [2.05, 4.69) is 0 Å². The van der Waals surface area contributed by atoms with Gasteiger partial charge in [-0.25, -0.2) is 0 Å². The first-order valence-electron chi connectivity index (χ1n) is 7.04. The van der Waals surface area contributed by atoms with Crippen LogP contribution in [-0.2, 0) is 20.8 Å². The zero-order valence-electron chi connectivity index (χ0n) is 12.4. The van der Waals surface area contributed by atoms with Crippen molar-refractivity contribution in [3.63, 3.8) is 0 Å². The van der Waals surface area contributed by atoms with Gasteiger partial charge in [-0.05, 0) is 5.56 Å². The number of hydrogen-bond donors (Lipinski definition) is 3. The Labute approximate surface area is 126 Å². The molecule has 0 bridgehead atoms. The molecule has 0 amide bonds. The Morgan fingerprint density at radius 1 is 0.762 bits per heavy atom. The molecule has 0 fully saturated rings. The molecule has 0 radical (unpaired) electrons. The van der Waals surface area contributed by atoms with Crippen molar-refractivity contribution in [1.82, 2.24) is 0 Å². The zero-order chi connectivity index (χ0) is 15.6. The Kier molecular flexibility index (Phi) is 16.2. The summed E-state index contributed by atoms with van der Waals surface area (Å²) >= 11 is 0. The molecule has 1 aromatic rings. The average Bonchev–Trinajstić information content (AvgIpc) is 2.53. The molecular formula is C15H27NO5. The standard InChI is InChI=1S/C11H16O3.C4H11NO2/c12-6-7-13-8-9-14-10-11-4-2-1-3-5-11;5-1-3-7-4-2-6/h1-5,12H,6-10H2;6H,1-5H2. The summed E-state index contributed by atoms with van der Waals surface area (Å²) in [5.74, 6) is 0. The van der Waals surface area contributed by atoms with Crippen LogP contribution in [0.4, 0.5) is 0 Å². The van der Waals surface area contributed by atoms with Crippen molar-refractivity contribution in [2.45, 2.75) is 6.61 Å².